The van der Waals surface area contributed by atoms with Crippen molar-refractivity contribution < 1.29 is 18.0 Å². The summed E-state index contributed by atoms with van der Waals surface area (Å²) in [5.41, 5.74) is 5.18. The van der Waals surface area contributed by atoms with Gasteiger partial charge in [0.2, 0.25) is 0 Å². The Labute approximate surface area is 133 Å². The number of halogens is 4. The highest BCUT2D eigenvalue weighted by molar-refractivity contribution is 5.94. The lowest BCUT2D eigenvalue weighted by Gasteiger charge is -2.30. The maximum Gasteiger partial charge on any atom is 0.254 e. The number of amides is 1. The van der Waals surface area contributed by atoms with Gasteiger partial charge in [-0.2, -0.15) is 0 Å². The lowest BCUT2D eigenvalue weighted by atomic mass is 9.84. The molecule has 1 saturated carbocycles. The molecule has 1 aliphatic rings. The van der Waals surface area contributed by atoms with Gasteiger partial charge in [-0.15, -0.1) is 12.4 Å². The van der Waals surface area contributed by atoms with Crippen LogP contribution in [0, 0.1) is 23.4 Å². The highest BCUT2D eigenvalue weighted by Gasteiger charge is 2.26. The van der Waals surface area contributed by atoms with E-state index in [1.54, 1.807) is 0 Å². The van der Waals surface area contributed by atoms with Crippen LogP contribution in [0.25, 0.3) is 0 Å². The third-order valence-corrected chi connectivity index (χ3v) is 4.07. The molecular weight excluding hydrogens is 317 g/mol. The van der Waals surface area contributed by atoms with E-state index in [1.807, 2.05) is 0 Å². The van der Waals surface area contributed by atoms with Crippen LogP contribution in [-0.2, 0) is 0 Å². The summed E-state index contributed by atoms with van der Waals surface area (Å²) in [7, 11) is 0. The number of rotatable bonds is 4. The Balaban J connectivity index is 0.00000242. The summed E-state index contributed by atoms with van der Waals surface area (Å²) in [5.74, 6) is -4.92. The van der Waals surface area contributed by atoms with Gasteiger partial charge in [0.05, 0.1) is 5.56 Å². The zero-order chi connectivity index (χ0) is 15.4. The average Bonchev–Trinajstić information content (AvgIpc) is 2.51. The van der Waals surface area contributed by atoms with Crippen molar-refractivity contribution in [2.24, 2.45) is 11.7 Å². The first-order valence-electron chi connectivity index (χ1n) is 7.19. The van der Waals surface area contributed by atoms with E-state index in [2.05, 4.69) is 5.32 Å². The smallest absolute Gasteiger partial charge is 0.254 e. The summed E-state index contributed by atoms with van der Waals surface area (Å²) >= 11 is 0. The summed E-state index contributed by atoms with van der Waals surface area (Å²) in [5, 5.41) is 2.65. The van der Waals surface area contributed by atoms with Crippen LogP contribution in [0.5, 0.6) is 0 Å². The lowest BCUT2D eigenvalue weighted by Crippen LogP contribution is -2.46. The number of hydrogen-bond donors (Lipinski definition) is 2. The highest BCUT2D eigenvalue weighted by atomic mass is 35.5. The molecular formula is C15H20ClF3N2O. The summed E-state index contributed by atoms with van der Waals surface area (Å²) in [6.45, 7) is 0.238. The number of nitrogens with two attached hydrogens (primary N) is 1. The van der Waals surface area contributed by atoms with E-state index in [9.17, 15) is 18.0 Å². The largest absolute Gasteiger partial charge is 0.348 e. The first-order chi connectivity index (χ1) is 10.0. The molecule has 124 valence electrons. The van der Waals surface area contributed by atoms with E-state index < -0.39 is 28.9 Å². The van der Waals surface area contributed by atoms with Crippen LogP contribution in [0.15, 0.2) is 12.1 Å². The van der Waals surface area contributed by atoms with E-state index in [4.69, 9.17) is 5.73 Å². The average molecular weight is 337 g/mol. The number of benzene rings is 1. The fraction of sp³-hybridized carbons (Fsp3) is 0.533. The Hall–Kier alpha value is -1.27. The molecule has 0 aromatic heterocycles. The van der Waals surface area contributed by atoms with Crippen molar-refractivity contribution in [2.45, 2.75) is 38.1 Å². The van der Waals surface area contributed by atoms with Gasteiger partial charge in [0.1, 0.15) is 0 Å². The van der Waals surface area contributed by atoms with Crippen LogP contribution in [0.4, 0.5) is 13.2 Å². The second kappa shape index (κ2) is 8.39. The van der Waals surface area contributed by atoms with Gasteiger partial charge in [0.25, 0.3) is 5.91 Å². The minimum atomic E-state index is -1.63. The van der Waals surface area contributed by atoms with Crippen LogP contribution in [0.1, 0.15) is 42.5 Å². The summed E-state index contributed by atoms with van der Waals surface area (Å²) in [6.07, 6.45) is 5.25. The van der Waals surface area contributed by atoms with E-state index in [0.717, 1.165) is 37.8 Å². The standard InChI is InChI=1S/C15H19F3N2O.ClH/c16-11-7-6-10(13(17)14(11)18)15(21)20-12(8-19)9-4-2-1-3-5-9;/h6-7,9,12H,1-5,8,19H2,(H,20,21);1H. The van der Waals surface area contributed by atoms with Gasteiger partial charge in [-0.1, -0.05) is 19.3 Å². The van der Waals surface area contributed by atoms with Crippen molar-refractivity contribution in [2.75, 3.05) is 6.54 Å². The molecule has 22 heavy (non-hydrogen) atoms. The van der Waals surface area contributed by atoms with Gasteiger partial charge >= 0.3 is 0 Å². The quantitative estimate of drug-likeness (QED) is 0.830. The van der Waals surface area contributed by atoms with Gasteiger partial charge in [0.15, 0.2) is 17.5 Å². The molecule has 0 bridgehead atoms. The maximum atomic E-state index is 13.6. The monoisotopic (exact) mass is 336 g/mol. The first-order valence-corrected chi connectivity index (χ1v) is 7.19. The van der Waals surface area contributed by atoms with Gasteiger partial charge in [-0.3, -0.25) is 4.79 Å². The van der Waals surface area contributed by atoms with Crippen LogP contribution in [0.2, 0.25) is 0 Å². The van der Waals surface area contributed by atoms with Crippen LogP contribution < -0.4 is 11.1 Å². The molecule has 1 atom stereocenters. The summed E-state index contributed by atoms with van der Waals surface area (Å²) < 4.78 is 39.6. The van der Waals surface area contributed by atoms with E-state index in [0.29, 0.717) is 0 Å². The molecule has 1 fully saturated rings. The summed E-state index contributed by atoms with van der Waals surface area (Å²) in [4.78, 5) is 12.0. The third kappa shape index (κ3) is 4.14. The SMILES string of the molecule is Cl.NCC(NC(=O)c1ccc(F)c(F)c1F)C1CCCCC1. The second-order valence-electron chi connectivity index (χ2n) is 5.44. The number of hydrogen-bond acceptors (Lipinski definition) is 2. The van der Waals surface area contributed by atoms with Gasteiger partial charge < -0.3 is 11.1 Å². The van der Waals surface area contributed by atoms with Gasteiger partial charge in [0, 0.05) is 12.6 Å². The molecule has 3 N–H and O–H groups in total. The molecule has 1 aromatic carbocycles. The molecule has 7 heteroatoms. The Kier molecular flexibility index (Phi) is 7.16. The fourth-order valence-electron chi connectivity index (χ4n) is 2.85. The Morgan fingerprint density at radius 1 is 1.18 bits per heavy atom. The number of nitrogens with one attached hydrogen (secondary N) is 1. The predicted octanol–water partition coefficient (Wildman–Crippen LogP) is 3.16. The molecule has 1 amide bonds. The molecule has 3 nitrogen and oxygen atoms in total. The Bertz CT molecular complexity index is 522. The molecule has 0 heterocycles. The van der Waals surface area contributed by atoms with Crippen LogP contribution >= 0.6 is 12.4 Å². The zero-order valence-electron chi connectivity index (χ0n) is 12.1. The molecule has 0 radical (unpaired) electrons. The minimum Gasteiger partial charge on any atom is -0.348 e. The van der Waals surface area contributed by atoms with Crippen molar-refractivity contribution in [1.29, 1.82) is 0 Å². The van der Waals surface area contributed by atoms with Crippen molar-refractivity contribution in [3.8, 4) is 0 Å². The van der Waals surface area contributed by atoms with E-state index >= 15 is 0 Å². The van der Waals surface area contributed by atoms with Crippen LogP contribution in [-0.4, -0.2) is 18.5 Å². The fourth-order valence-corrected chi connectivity index (χ4v) is 2.85. The van der Waals surface area contributed by atoms with Crippen molar-refractivity contribution in [3.63, 3.8) is 0 Å². The second-order valence-corrected chi connectivity index (χ2v) is 5.44. The topological polar surface area (TPSA) is 55.1 Å². The summed E-state index contributed by atoms with van der Waals surface area (Å²) in [6, 6.07) is 1.41. The lowest BCUT2D eigenvalue weighted by molar-refractivity contribution is 0.0910. The first kappa shape index (κ1) is 18.8. The highest BCUT2D eigenvalue weighted by Crippen LogP contribution is 2.26. The number of carbonyl (C=O) groups is 1. The molecule has 2 rings (SSSR count). The van der Waals surface area contributed by atoms with Crippen LogP contribution in [0.3, 0.4) is 0 Å². The maximum absolute atomic E-state index is 13.6. The normalized spacial score (nSPS) is 16.7. The van der Waals surface area contributed by atoms with Crippen molar-refractivity contribution >= 4 is 18.3 Å². The predicted molar refractivity (Wildman–Crippen MR) is 80.4 cm³/mol. The number of carbonyl (C=O) groups excluding carboxylic acids is 1. The van der Waals surface area contributed by atoms with E-state index in [1.165, 1.54) is 6.42 Å². The van der Waals surface area contributed by atoms with E-state index in [-0.39, 0.29) is 30.9 Å². The molecule has 1 unspecified atom stereocenters. The third-order valence-electron chi connectivity index (χ3n) is 4.07. The molecule has 1 aliphatic carbocycles. The van der Waals surface area contributed by atoms with Gasteiger partial charge in [-0.25, -0.2) is 13.2 Å². The Morgan fingerprint density at radius 2 is 1.82 bits per heavy atom. The van der Waals surface area contributed by atoms with Crippen molar-refractivity contribution in [1.82, 2.24) is 5.32 Å². The molecule has 0 saturated heterocycles. The molecule has 0 spiro atoms. The molecule has 1 aromatic rings. The zero-order valence-corrected chi connectivity index (χ0v) is 12.9. The van der Waals surface area contributed by atoms with Crippen molar-refractivity contribution in [3.05, 3.63) is 35.1 Å². The Morgan fingerprint density at radius 3 is 2.41 bits per heavy atom. The molecule has 0 aliphatic heterocycles. The minimum absolute atomic E-state index is 0. The van der Waals surface area contributed by atoms with Gasteiger partial charge in [-0.05, 0) is 30.9 Å².